The lowest BCUT2D eigenvalue weighted by molar-refractivity contribution is 0.251. The maximum atomic E-state index is 12.2. The van der Waals surface area contributed by atoms with E-state index in [0.29, 0.717) is 36.0 Å². The number of benzene rings is 1. The first-order chi connectivity index (χ1) is 13.6. The normalized spacial score (nSPS) is 10.4. The van der Waals surface area contributed by atoms with Gasteiger partial charge in [-0.05, 0) is 17.5 Å². The Balaban J connectivity index is 1.55. The second kappa shape index (κ2) is 9.14. The van der Waals surface area contributed by atoms with Crippen molar-refractivity contribution in [2.75, 3.05) is 33.2 Å². The number of ether oxygens (including phenoxy) is 3. The molecule has 2 N–H and O–H groups in total. The van der Waals surface area contributed by atoms with Crippen molar-refractivity contribution in [1.82, 2.24) is 15.1 Å². The summed E-state index contributed by atoms with van der Waals surface area (Å²) >= 11 is 1.64. The third-order valence-electron chi connectivity index (χ3n) is 3.96. The summed E-state index contributed by atoms with van der Waals surface area (Å²) in [5.41, 5.74) is 1.46. The van der Waals surface area contributed by atoms with Crippen LogP contribution in [0.3, 0.4) is 0 Å². The summed E-state index contributed by atoms with van der Waals surface area (Å²) in [6.45, 7) is 0.996. The SMILES string of the molecule is COc1cc(NC(=O)NCCn2ccc(-c3cccs3)n2)cc(OC)c1OC. The topological polar surface area (TPSA) is 86.6 Å². The van der Waals surface area contributed by atoms with E-state index in [4.69, 9.17) is 14.2 Å². The first-order valence-corrected chi connectivity index (χ1v) is 9.44. The fraction of sp³-hybridized carbons (Fsp3) is 0.263. The first-order valence-electron chi connectivity index (χ1n) is 8.56. The van der Waals surface area contributed by atoms with Crippen molar-refractivity contribution in [3.8, 4) is 27.8 Å². The molecule has 0 atom stereocenters. The molecule has 8 nitrogen and oxygen atoms in total. The summed E-state index contributed by atoms with van der Waals surface area (Å²) in [5, 5.41) is 12.1. The summed E-state index contributed by atoms with van der Waals surface area (Å²) in [6, 6.07) is 8.99. The van der Waals surface area contributed by atoms with Gasteiger partial charge in [-0.25, -0.2) is 4.79 Å². The second-order valence-electron chi connectivity index (χ2n) is 5.74. The molecule has 9 heteroatoms. The third-order valence-corrected chi connectivity index (χ3v) is 4.86. The molecule has 0 spiro atoms. The van der Waals surface area contributed by atoms with E-state index < -0.39 is 0 Å². The van der Waals surface area contributed by atoms with Crippen LogP contribution in [0.2, 0.25) is 0 Å². The molecule has 2 heterocycles. The van der Waals surface area contributed by atoms with Gasteiger partial charge in [-0.3, -0.25) is 4.68 Å². The molecule has 0 fully saturated rings. The predicted octanol–water partition coefficient (Wildman–Crippen LogP) is 3.46. The highest BCUT2D eigenvalue weighted by Gasteiger charge is 2.14. The zero-order chi connectivity index (χ0) is 19.9. The van der Waals surface area contributed by atoms with E-state index in [1.54, 1.807) is 28.2 Å². The zero-order valence-corrected chi connectivity index (χ0v) is 16.7. The highest BCUT2D eigenvalue weighted by molar-refractivity contribution is 7.13. The summed E-state index contributed by atoms with van der Waals surface area (Å²) in [7, 11) is 4.57. The van der Waals surface area contributed by atoms with Gasteiger partial charge in [0.25, 0.3) is 0 Å². The van der Waals surface area contributed by atoms with Gasteiger partial charge in [0.15, 0.2) is 11.5 Å². The predicted molar refractivity (Wildman–Crippen MR) is 109 cm³/mol. The Hall–Kier alpha value is -3.20. The van der Waals surface area contributed by atoms with Crippen LogP contribution in [0.1, 0.15) is 0 Å². The average Bonchev–Trinajstić information content (AvgIpc) is 3.38. The molecule has 3 aromatic rings. The zero-order valence-electron chi connectivity index (χ0n) is 15.9. The van der Waals surface area contributed by atoms with Gasteiger partial charge in [-0.15, -0.1) is 11.3 Å². The molecule has 0 aliphatic heterocycles. The van der Waals surface area contributed by atoms with Gasteiger partial charge in [0, 0.05) is 24.9 Å². The smallest absolute Gasteiger partial charge is 0.319 e. The van der Waals surface area contributed by atoms with Gasteiger partial charge in [0.05, 0.1) is 38.4 Å². The van der Waals surface area contributed by atoms with Gasteiger partial charge >= 0.3 is 6.03 Å². The number of aromatic nitrogens is 2. The number of hydrogen-bond donors (Lipinski definition) is 2. The largest absolute Gasteiger partial charge is 0.493 e. The Kier molecular flexibility index (Phi) is 6.38. The number of nitrogens with one attached hydrogen (secondary N) is 2. The van der Waals surface area contributed by atoms with Crippen molar-refractivity contribution in [3.63, 3.8) is 0 Å². The number of carbonyl (C=O) groups is 1. The highest BCUT2D eigenvalue weighted by atomic mass is 32.1. The number of nitrogens with zero attached hydrogens (tertiary/aromatic N) is 2. The Labute approximate surface area is 167 Å². The monoisotopic (exact) mass is 402 g/mol. The Morgan fingerprint density at radius 1 is 1.14 bits per heavy atom. The van der Waals surface area contributed by atoms with Gasteiger partial charge in [0.1, 0.15) is 5.69 Å². The lowest BCUT2D eigenvalue weighted by Crippen LogP contribution is -2.31. The van der Waals surface area contributed by atoms with Gasteiger partial charge in [-0.2, -0.15) is 5.10 Å². The molecule has 0 radical (unpaired) electrons. The second-order valence-corrected chi connectivity index (χ2v) is 6.68. The molecular formula is C19H22N4O4S. The third kappa shape index (κ3) is 4.55. The fourth-order valence-electron chi connectivity index (χ4n) is 2.65. The lowest BCUT2D eigenvalue weighted by Gasteiger charge is -2.15. The van der Waals surface area contributed by atoms with Crippen molar-refractivity contribution >= 4 is 23.1 Å². The molecule has 2 amide bonds. The Bertz CT molecular complexity index is 899. The van der Waals surface area contributed by atoms with Crippen LogP contribution in [0.5, 0.6) is 17.2 Å². The number of urea groups is 1. The highest BCUT2D eigenvalue weighted by Crippen LogP contribution is 2.39. The van der Waals surface area contributed by atoms with E-state index >= 15 is 0 Å². The van der Waals surface area contributed by atoms with Crippen LogP contribution in [0.25, 0.3) is 10.6 Å². The Morgan fingerprint density at radius 3 is 2.50 bits per heavy atom. The first kappa shape index (κ1) is 19.6. The molecule has 0 unspecified atom stereocenters. The molecule has 0 bridgehead atoms. The van der Waals surface area contributed by atoms with Crippen molar-refractivity contribution in [3.05, 3.63) is 41.9 Å². The van der Waals surface area contributed by atoms with E-state index in [2.05, 4.69) is 15.7 Å². The summed E-state index contributed by atoms with van der Waals surface area (Å²) < 4.78 is 17.6. The molecule has 0 saturated carbocycles. The van der Waals surface area contributed by atoms with Gasteiger partial charge < -0.3 is 24.8 Å². The van der Waals surface area contributed by atoms with Gasteiger partial charge in [-0.1, -0.05) is 6.07 Å². The maximum Gasteiger partial charge on any atom is 0.319 e. The van der Waals surface area contributed by atoms with Crippen LogP contribution in [0.4, 0.5) is 10.5 Å². The summed E-state index contributed by atoms with van der Waals surface area (Å²) in [6.07, 6.45) is 1.90. The molecule has 0 aliphatic rings. The molecule has 2 aromatic heterocycles. The molecule has 0 saturated heterocycles. The molecule has 28 heavy (non-hydrogen) atoms. The van der Waals surface area contributed by atoms with Crippen LogP contribution >= 0.6 is 11.3 Å². The molecule has 3 rings (SSSR count). The Morgan fingerprint density at radius 2 is 1.89 bits per heavy atom. The van der Waals surface area contributed by atoms with Crippen LogP contribution in [-0.4, -0.2) is 43.7 Å². The summed E-state index contributed by atoms with van der Waals surface area (Å²) in [5.74, 6) is 1.40. The molecule has 148 valence electrons. The number of carbonyl (C=O) groups excluding carboxylic acids is 1. The molecular weight excluding hydrogens is 380 g/mol. The molecule has 0 aliphatic carbocycles. The maximum absolute atomic E-state index is 12.2. The van der Waals surface area contributed by atoms with E-state index in [9.17, 15) is 4.79 Å². The number of rotatable bonds is 8. The fourth-order valence-corrected chi connectivity index (χ4v) is 3.34. The standard InChI is InChI=1S/C19H22N4O4S/c1-25-15-11-13(12-16(26-2)18(15)27-3)21-19(24)20-7-9-23-8-6-14(22-23)17-5-4-10-28-17/h4-6,8,10-12H,7,9H2,1-3H3,(H2,20,21,24). The van der Waals surface area contributed by atoms with E-state index in [1.165, 1.54) is 21.3 Å². The van der Waals surface area contributed by atoms with E-state index in [0.717, 1.165) is 10.6 Å². The van der Waals surface area contributed by atoms with Crippen molar-refractivity contribution in [2.24, 2.45) is 0 Å². The van der Waals surface area contributed by atoms with Gasteiger partial charge in [0.2, 0.25) is 5.75 Å². The van der Waals surface area contributed by atoms with Crippen LogP contribution in [0, 0.1) is 0 Å². The number of methoxy groups -OCH3 is 3. The number of thiophene rings is 1. The number of anilines is 1. The minimum Gasteiger partial charge on any atom is -0.493 e. The van der Waals surface area contributed by atoms with Crippen LogP contribution in [0.15, 0.2) is 41.9 Å². The summed E-state index contributed by atoms with van der Waals surface area (Å²) in [4.78, 5) is 13.3. The molecule has 1 aromatic carbocycles. The quantitative estimate of drug-likeness (QED) is 0.603. The van der Waals surface area contributed by atoms with E-state index in [1.807, 2.05) is 29.8 Å². The van der Waals surface area contributed by atoms with Crippen molar-refractivity contribution < 1.29 is 19.0 Å². The lowest BCUT2D eigenvalue weighted by atomic mass is 10.2. The van der Waals surface area contributed by atoms with Crippen LogP contribution in [-0.2, 0) is 6.54 Å². The average molecular weight is 402 g/mol. The van der Waals surface area contributed by atoms with Crippen molar-refractivity contribution in [1.29, 1.82) is 0 Å². The van der Waals surface area contributed by atoms with Crippen molar-refractivity contribution in [2.45, 2.75) is 6.54 Å². The number of amides is 2. The minimum absolute atomic E-state index is 0.333. The number of hydrogen-bond acceptors (Lipinski definition) is 6. The minimum atomic E-state index is -0.333. The van der Waals surface area contributed by atoms with E-state index in [-0.39, 0.29) is 6.03 Å². The van der Waals surface area contributed by atoms with Crippen LogP contribution < -0.4 is 24.8 Å².